The molecule has 1 aliphatic heterocycles. The third-order valence-electron chi connectivity index (χ3n) is 2.36. The normalized spacial score (nSPS) is 21.1. The Kier molecular flexibility index (Phi) is 3.16. The fraction of sp³-hybridized carbons (Fsp3) is 0.556. The van der Waals surface area contributed by atoms with Crippen LogP contribution in [0.4, 0.5) is 5.82 Å². The van der Waals surface area contributed by atoms with Gasteiger partial charge in [0.2, 0.25) is 5.28 Å². The van der Waals surface area contributed by atoms with Gasteiger partial charge < -0.3 is 10.6 Å². The zero-order valence-corrected chi connectivity index (χ0v) is 8.59. The molecule has 4 nitrogen and oxygen atoms in total. The summed E-state index contributed by atoms with van der Waals surface area (Å²) >= 11 is 5.67. The molecule has 0 radical (unpaired) electrons. The summed E-state index contributed by atoms with van der Waals surface area (Å²) < 4.78 is 0. The average molecular weight is 213 g/mol. The van der Waals surface area contributed by atoms with E-state index in [0.717, 1.165) is 25.5 Å². The van der Waals surface area contributed by atoms with E-state index in [1.807, 2.05) is 6.07 Å². The van der Waals surface area contributed by atoms with Gasteiger partial charge in [0.05, 0.1) is 0 Å². The molecule has 14 heavy (non-hydrogen) atoms. The lowest BCUT2D eigenvalue weighted by Crippen LogP contribution is -2.17. The summed E-state index contributed by atoms with van der Waals surface area (Å²) in [4.78, 5) is 7.88. The second-order valence-corrected chi connectivity index (χ2v) is 3.79. The fourth-order valence-electron chi connectivity index (χ4n) is 1.57. The van der Waals surface area contributed by atoms with E-state index in [9.17, 15) is 0 Å². The maximum atomic E-state index is 5.67. The van der Waals surface area contributed by atoms with E-state index in [-0.39, 0.29) is 0 Å². The van der Waals surface area contributed by atoms with Crippen molar-refractivity contribution >= 4 is 17.4 Å². The van der Waals surface area contributed by atoms with Crippen molar-refractivity contribution in [2.75, 3.05) is 25.0 Å². The molecule has 2 heterocycles. The third kappa shape index (κ3) is 2.56. The quantitative estimate of drug-likeness (QED) is 0.739. The highest BCUT2D eigenvalue weighted by Crippen LogP contribution is 2.10. The van der Waals surface area contributed by atoms with Crippen LogP contribution in [0.25, 0.3) is 0 Å². The Hall–Kier alpha value is -0.870. The average Bonchev–Trinajstić information content (AvgIpc) is 2.67. The van der Waals surface area contributed by atoms with Gasteiger partial charge in [0, 0.05) is 12.7 Å². The van der Waals surface area contributed by atoms with Crippen molar-refractivity contribution in [2.45, 2.75) is 6.42 Å². The van der Waals surface area contributed by atoms with Crippen molar-refractivity contribution in [3.63, 3.8) is 0 Å². The number of halogens is 1. The zero-order valence-electron chi connectivity index (χ0n) is 7.83. The van der Waals surface area contributed by atoms with E-state index in [0.29, 0.717) is 11.2 Å². The minimum atomic E-state index is 0.291. The van der Waals surface area contributed by atoms with E-state index in [4.69, 9.17) is 11.6 Å². The fourth-order valence-corrected chi connectivity index (χ4v) is 1.72. The van der Waals surface area contributed by atoms with Crippen LogP contribution in [0.15, 0.2) is 12.3 Å². The zero-order chi connectivity index (χ0) is 9.80. The van der Waals surface area contributed by atoms with Gasteiger partial charge in [0.25, 0.3) is 0 Å². The SMILES string of the molecule is Clc1nccc(NCC2CCNC2)n1. The van der Waals surface area contributed by atoms with Gasteiger partial charge in [-0.3, -0.25) is 0 Å². The van der Waals surface area contributed by atoms with Crippen molar-refractivity contribution in [3.05, 3.63) is 17.5 Å². The predicted octanol–water partition coefficient (Wildman–Crippen LogP) is 1.15. The third-order valence-corrected chi connectivity index (χ3v) is 2.54. The van der Waals surface area contributed by atoms with Crippen molar-refractivity contribution in [3.8, 4) is 0 Å². The topological polar surface area (TPSA) is 49.8 Å². The maximum absolute atomic E-state index is 5.67. The number of aromatic nitrogens is 2. The van der Waals surface area contributed by atoms with Gasteiger partial charge in [-0.2, -0.15) is 0 Å². The number of nitrogens with one attached hydrogen (secondary N) is 2. The first-order valence-corrected chi connectivity index (χ1v) is 5.15. The van der Waals surface area contributed by atoms with E-state index < -0.39 is 0 Å². The van der Waals surface area contributed by atoms with Crippen LogP contribution >= 0.6 is 11.6 Å². The molecule has 1 saturated heterocycles. The van der Waals surface area contributed by atoms with Crippen LogP contribution in [0.2, 0.25) is 5.28 Å². The standard InChI is InChI=1S/C9H13ClN4/c10-9-12-4-2-8(14-9)13-6-7-1-3-11-5-7/h2,4,7,11H,1,3,5-6H2,(H,12,13,14). The first kappa shape index (κ1) is 9.68. The van der Waals surface area contributed by atoms with E-state index in [1.165, 1.54) is 6.42 Å². The summed E-state index contributed by atoms with van der Waals surface area (Å²) in [5.41, 5.74) is 0. The van der Waals surface area contributed by atoms with Crippen LogP contribution < -0.4 is 10.6 Å². The monoisotopic (exact) mass is 212 g/mol. The number of hydrogen-bond acceptors (Lipinski definition) is 4. The lowest BCUT2D eigenvalue weighted by Gasteiger charge is -2.09. The first-order valence-electron chi connectivity index (χ1n) is 4.78. The maximum Gasteiger partial charge on any atom is 0.224 e. The van der Waals surface area contributed by atoms with Crippen molar-refractivity contribution < 1.29 is 0 Å². The molecule has 76 valence electrons. The van der Waals surface area contributed by atoms with Gasteiger partial charge in [-0.1, -0.05) is 0 Å². The van der Waals surface area contributed by atoms with Crippen LogP contribution in [-0.4, -0.2) is 29.6 Å². The summed E-state index contributed by atoms with van der Waals surface area (Å²) in [7, 11) is 0. The molecule has 0 spiro atoms. The number of anilines is 1. The van der Waals surface area contributed by atoms with E-state index >= 15 is 0 Å². The smallest absolute Gasteiger partial charge is 0.224 e. The molecule has 1 unspecified atom stereocenters. The highest BCUT2D eigenvalue weighted by Gasteiger charge is 2.13. The molecule has 0 amide bonds. The lowest BCUT2D eigenvalue weighted by molar-refractivity contribution is 0.614. The molecular formula is C9H13ClN4. The summed E-state index contributed by atoms with van der Waals surface area (Å²) in [6.45, 7) is 3.16. The second kappa shape index (κ2) is 4.57. The van der Waals surface area contributed by atoms with Crippen molar-refractivity contribution in [1.29, 1.82) is 0 Å². The van der Waals surface area contributed by atoms with Crippen LogP contribution in [0.1, 0.15) is 6.42 Å². The molecule has 1 aliphatic rings. The van der Waals surface area contributed by atoms with Gasteiger partial charge in [0.15, 0.2) is 0 Å². The molecule has 1 fully saturated rings. The summed E-state index contributed by atoms with van der Waals surface area (Å²) in [5, 5.41) is 6.86. The van der Waals surface area contributed by atoms with Crippen LogP contribution in [0.3, 0.4) is 0 Å². The van der Waals surface area contributed by atoms with Gasteiger partial charge in [-0.25, -0.2) is 9.97 Å². The van der Waals surface area contributed by atoms with Crippen molar-refractivity contribution in [2.24, 2.45) is 5.92 Å². The van der Waals surface area contributed by atoms with E-state index in [1.54, 1.807) is 6.20 Å². The Morgan fingerprint density at radius 2 is 2.57 bits per heavy atom. The van der Waals surface area contributed by atoms with Gasteiger partial charge in [-0.05, 0) is 43.1 Å². The van der Waals surface area contributed by atoms with Gasteiger partial charge in [-0.15, -0.1) is 0 Å². The lowest BCUT2D eigenvalue weighted by atomic mass is 10.1. The number of nitrogens with zero attached hydrogens (tertiary/aromatic N) is 2. The number of hydrogen-bond donors (Lipinski definition) is 2. The first-order chi connectivity index (χ1) is 6.84. The Labute approximate surface area is 88.1 Å². The molecule has 0 aromatic carbocycles. The van der Waals surface area contributed by atoms with Gasteiger partial charge >= 0.3 is 0 Å². The Balaban J connectivity index is 1.85. The minimum Gasteiger partial charge on any atom is -0.370 e. The Bertz CT molecular complexity index is 299. The largest absolute Gasteiger partial charge is 0.370 e. The second-order valence-electron chi connectivity index (χ2n) is 3.45. The molecule has 0 saturated carbocycles. The van der Waals surface area contributed by atoms with E-state index in [2.05, 4.69) is 20.6 Å². The summed E-state index contributed by atoms with van der Waals surface area (Å²) in [6, 6.07) is 1.83. The molecular weight excluding hydrogens is 200 g/mol. The predicted molar refractivity (Wildman–Crippen MR) is 56.5 cm³/mol. The van der Waals surface area contributed by atoms with Gasteiger partial charge in [0.1, 0.15) is 5.82 Å². The molecule has 1 aromatic heterocycles. The Morgan fingerprint density at radius 3 is 3.29 bits per heavy atom. The molecule has 0 bridgehead atoms. The highest BCUT2D eigenvalue weighted by molar-refractivity contribution is 6.28. The van der Waals surface area contributed by atoms with Crippen LogP contribution in [0.5, 0.6) is 0 Å². The van der Waals surface area contributed by atoms with Crippen molar-refractivity contribution in [1.82, 2.24) is 15.3 Å². The Morgan fingerprint density at radius 1 is 1.64 bits per heavy atom. The molecule has 0 aliphatic carbocycles. The molecule has 2 N–H and O–H groups in total. The summed E-state index contributed by atoms with van der Waals surface area (Å²) in [6.07, 6.45) is 2.89. The molecule has 5 heteroatoms. The van der Waals surface area contributed by atoms with Crippen LogP contribution in [-0.2, 0) is 0 Å². The van der Waals surface area contributed by atoms with Crippen LogP contribution in [0, 0.1) is 5.92 Å². The highest BCUT2D eigenvalue weighted by atomic mass is 35.5. The number of rotatable bonds is 3. The molecule has 1 atom stereocenters. The minimum absolute atomic E-state index is 0.291. The molecule has 2 rings (SSSR count). The summed E-state index contributed by atoms with van der Waals surface area (Å²) in [5.74, 6) is 1.50. The molecule has 1 aromatic rings.